The molecule has 0 aliphatic carbocycles. The van der Waals surface area contributed by atoms with E-state index in [0.29, 0.717) is 23.8 Å². The van der Waals surface area contributed by atoms with Gasteiger partial charge in [-0.2, -0.15) is 15.0 Å². The Kier molecular flexibility index (Phi) is 4.51. The van der Waals surface area contributed by atoms with Crippen LogP contribution in [-0.4, -0.2) is 26.0 Å². The van der Waals surface area contributed by atoms with Crippen LogP contribution in [0.1, 0.15) is 17.4 Å². The fraction of sp³-hybridized carbons (Fsp3) is 0.176. The second-order valence-corrected chi connectivity index (χ2v) is 5.28. The average molecular weight is 314 g/mol. The van der Waals surface area contributed by atoms with Crippen molar-refractivity contribution >= 4 is 11.6 Å². The summed E-state index contributed by atoms with van der Waals surface area (Å²) in [6.45, 7) is 0.503. The first kappa shape index (κ1) is 14.8. The van der Waals surface area contributed by atoms with Crippen molar-refractivity contribution in [2.45, 2.75) is 12.6 Å². The van der Waals surface area contributed by atoms with E-state index in [1.807, 2.05) is 60.7 Å². The summed E-state index contributed by atoms with van der Waals surface area (Å²) >= 11 is 5.78. The third-order valence-electron chi connectivity index (χ3n) is 3.39. The first-order valence-electron chi connectivity index (χ1n) is 7.09. The molecule has 0 aliphatic rings. The zero-order valence-electron chi connectivity index (χ0n) is 11.9. The van der Waals surface area contributed by atoms with Gasteiger partial charge >= 0.3 is 0 Å². The lowest BCUT2D eigenvalue weighted by molar-refractivity contribution is 0.214. The SMILES string of the molecule is OC(c1ccccc1)c1nn(CCCl)nc1-c1ccccc1. The predicted molar refractivity (Wildman–Crippen MR) is 86.7 cm³/mol. The molecule has 0 bridgehead atoms. The molecule has 1 aromatic heterocycles. The van der Waals surface area contributed by atoms with Crippen molar-refractivity contribution in [2.24, 2.45) is 0 Å². The van der Waals surface area contributed by atoms with Crippen LogP contribution in [0.3, 0.4) is 0 Å². The molecular weight excluding hydrogens is 298 g/mol. The van der Waals surface area contributed by atoms with Crippen molar-refractivity contribution in [2.75, 3.05) is 5.88 Å². The van der Waals surface area contributed by atoms with Crippen LogP contribution < -0.4 is 0 Å². The quantitative estimate of drug-likeness (QED) is 0.736. The largest absolute Gasteiger partial charge is 0.382 e. The van der Waals surface area contributed by atoms with E-state index in [1.54, 1.807) is 0 Å². The zero-order chi connectivity index (χ0) is 15.4. The summed E-state index contributed by atoms with van der Waals surface area (Å²) in [4.78, 5) is 1.54. The van der Waals surface area contributed by atoms with Gasteiger partial charge in [0.1, 0.15) is 17.5 Å². The smallest absolute Gasteiger partial charge is 0.125 e. The number of halogens is 1. The highest BCUT2D eigenvalue weighted by Gasteiger charge is 2.21. The van der Waals surface area contributed by atoms with Gasteiger partial charge in [-0.1, -0.05) is 60.7 Å². The number of hydrogen-bond donors (Lipinski definition) is 1. The number of hydrogen-bond acceptors (Lipinski definition) is 3. The van der Waals surface area contributed by atoms with Crippen molar-refractivity contribution in [1.82, 2.24) is 15.0 Å². The molecule has 0 aliphatic heterocycles. The molecular formula is C17H16ClN3O. The maximum atomic E-state index is 10.7. The molecule has 3 rings (SSSR count). The number of aliphatic hydroxyl groups excluding tert-OH is 1. The molecule has 2 aromatic carbocycles. The number of aliphatic hydroxyl groups is 1. The first-order valence-corrected chi connectivity index (χ1v) is 7.62. The van der Waals surface area contributed by atoms with E-state index >= 15 is 0 Å². The molecule has 1 N–H and O–H groups in total. The topological polar surface area (TPSA) is 50.9 Å². The van der Waals surface area contributed by atoms with Gasteiger partial charge in [0.15, 0.2) is 0 Å². The molecule has 5 heteroatoms. The second-order valence-electron chi connectivity index (χ2n) is 4.90. The predicted octanol–water partition coefficient (Wildman–Crippen LogP) is 3.27. The van der Waals surface area contributed by atoms with Gasteiger partial charge in [0, 0.05) is 11.4 Å². The summed E-state index contributed by atoms with van der Waals surface area (Å²) in [6.07, 6.45) is -0.819. The van der Waals surface area contributed by atoms with Gasteiger partial charge in [-0.15, -0.1) is 11.6 Å². The molecule has 1 atom stereocenters. The van der Waals surface area contributed by atoms with Gasteiger partial charge in [-0.05, 0) is 5.56 Å². The highest BCUT2D eigenvalue weighted by Crippen LogP contribution is 2.28. The Morgan fingerprint density at radius 1 is 0.955 bits per heavy atom. The van der Waals surface area contributed by atoms with Crippen LogP contribution in [0.15, 0.2) is 60.7 Å². The Morgan fingerprint density at radius 2 is 1.59 bits per heavy atom. The van der Waals surface area contributed by atoms with Crippen LogP contribution in [0.5, 0.6) is 0 Å². The summed E-state index contributed by atoms with van der Waals surface area (Å²) in [5, 5.41) is 19.6. The number of alkyl halides is 1. The summed E-state index contributed by atoms with van der Waals surface area (Å²) in [5.41, 5.74) is 2.94. The number of rotatable bonds is 5. The Bertz CT molecular complexity index is 728. The number of aromatic nitrogens is 3. The van der Waals surface area contributed by atoms with E-state index in [-0.39, 0.29) is 0 Å². The Balaban J connectivity index is 2.06. The number of aryl methyl sites for hydroxylation is 1. The lowest BCUT2D eigenvalue weighted by Gasteiger charge is -2.09. The molecule has 4 nitrogen and oxygen atoms in total. The van der Waals surface area contributed by atoms with E-state index in [4.69, 9.17) is 11.6 Å². The van der Waals surface area contributed by atoms with Crippen molar-refractivity contribution in [1.29, 1.82) is 0 Å². The summed E-state index contributed by atoms with van der Waals surface area (Å²) in [6, 6.07) is 19.2. The molecule has 0 radical (unpaired) electrons. The monoisotopic (exact) mass is 313 g/mol. The minimum Gasteiger partial charge on any atom is -0.382 e. The fourth-order valence-electron chi connectivity index (χ4n) is 2.32. The van der Waals surface area contributed by atoms with Gasteiger partial charge in [0.2, 0.25) is 0 Å². The van der Waals surface area contributed by atoms with Crippen LogP contribution in [0.2, 0.25) is 0 Å². The van der Waals surface area contributed by atoms with Gasteiger partial charge in [-0.3, -0.25) is 0 Å². The maximum absolute atomic E-state index is 10.7. The van der Waals surface area contributed by atoms with Gasteiger partial charge in [-0.25, -0.2) is 0 Å². The van der Waals surface area contributed by atoms with E-state index in [9.17, 15) is 5.11 Å². The normalized spacial score (nSPS) is 12.3. The summed E-state index contributed by atoms with van der Waals surface area (Å²) < 4.78 is 0. The van der Waals surface area contributed by atoms with E-state index in [2.05, 4.69) is 10.2 Å². The standard InChI is InChI=1S/C17H16ClN3O/c18-11-12-21-19-15(13-7-3-1-4-8-13)16(20-21)17(22)14-9-5-2-6-10-14/h1-10,17,22H,11-12H2. The Morgan fingerprint density at radius 3 is 2.23 bits per heavy atom. The van der Waals surface area contributed by atoms with E-state index < -0.39 is 6.10 Å². The number of benzene rings is 2. The van der Waals surface area contributed by atoms with Crippen molar-refractivity contribution < 1.29 is 5.11 Å². The first-order chi connectivity index (χ1) is 10.8. The Hall–Kier alpha value is -2.17. The van der Waals surface area contributed by atoms with Crippen molar-refractivity contribution in [3.63, 3.8) is 0 Å². The maximum Gasteiger partial charge on any atom is 0.125 e. The van der Waals surface area contributed by atoms with Crippen LogP contribution >= 0.6 is 11.6 Å². The summed E-state index contributed by atoms with van der Waals surface area (Å²) in [7, 11) is 0. The molecule has 0 spiro atoms. The van der Waals surface area contributed by atoms with Gasteiger partial charge in [0.05, 0.1) is 6.54 Å². The average Bonchev–Trinajstić information content (AvgIpc) is 3.00. The van der Waals surface area contributed by atoms with Crippen molar-refractivity contribution in [3.05, 3.63) is 71.9 Å². The highest BCUT2D eigenvalue weighted by molar-refractivity contribution is 6.17. The van der Waals surface area contributed by atoms with E-state index in [0.717, 1.165) is 11.1 Å². The second kappa shape index (κ2) is 6.73. The fourth-order valence-corrected chi connectivity index (χ4v) is 2.47. The molecule has 1 unspecified atom stereocenters. The van der Waals surface area contributed by atoms with Crippen LogP contribution in [-0.2, 0) is 6.54 Å². The van der Waals surface area contributed by atoms with Gasteiger partial charge in [0.25, 0.3) is 0 Å². The highest BCUT2D eigenvalue weighted by atomic mass is 35.5. The molecule has 1 heterocycles. The molecule has 0 fully saturated rings. The lowest BCUT2D eigenvalue weighted by atomic mass is 10.0. The third-order valence-corrected chi connectivity index (χ3v) is 3.56. The van der Waals surface area contributed by atoms with Crippen LogP contribution in [0.25, 0.3) is 11.3 Å². The van der Waals surface area contributed by atoms with E-state index in [1.165, 1.54) is 4.80 Å². The lowest BCUT2D eigenvalue weighted by Crippen LogP contribution is -2.06. The zero-order valence-corrected chi connectivity index (χ0v) is 12.7. The van der Waals surface area contributed by atoms with Crippen molar-refractivity contribution in [3.8, 4) is 11.3 Å². The summed E-state index contributed by atoms with van der Waals surface area (Å²) in [5.74, 6) is 0.420. The van der Waals surface area contributed by atoms with Gasteiger partial charge < -0.3 is 5.11 Å². The molecule has 22 heavy (non-hydrogen) atoms. The minimum absolute atomic E-state index is 0.420. The number of nitrogens with zero attached hydrogens (tertiary/aromatic N) is 3. The molecule has 112 valence electrons. The molecule has 0 saturated carbocycles. The third kappa shape index (κ3) is 3.03. The van der Waals surface area contributed by atoms with Crippen LogP contribution in [0.4, 0.5) is 0 Å². The Labute approximate surface area is 134 Å². The molecule has 0 amide bonds. The molecule has 3 aromatic rings. The minimum atomic E-state index is -0.819. The molecule has 0 saturated heterocycles. The van der Waals surface area contributed by atoms with Crippen LogP contribution in [0, 0.1) is 0 Å².